The van der Waals surface area contributed by atoms with Gasteiger partial charge in [-0.05, 0) is 43.4 Å². The maximum atomic E-state index is 5.38. The van der Waals surface area contributed by atoms with Gasteiger partial charge in [0.05, 0.1) is 6.61 Å². The van der Waals surface area contributed by atoms with Gasteiger partial charge < -0.3 is 10.1 Å². The third-order valence-electron chi connectivity index (χ3n) is 3.23. The number of nitrogens with one attached hydrogen (secondary N) is 1. The van der Waals surface area contributed by atoms with Gasteiger partial charge in [-0.3, -0.25) is 0 Å². The fraction of sp³-hybridized carbons (Fsp3) is 0.571. The van der Waals surface area contributed by atoms with Crippen LogP contribution in [0.2, 0.25) is 0 Å². The van der Waals surface area contributed by atoms with E-state index in [0.29, 0.717) is 12.0 Å². The first-order valence-corrected chi connectivity index (χ1v) is 7.09. The van der Waals surface area contributed by atoms with Gasteiger partial charge >= 0.3 is 0 Å². The van der Waals surface area contributed by atoms with Crippen LogP contribution in [0.15, 0.2) is 28.7 Å². The maximum Gasteiger partial charge on any atom is 0.0507 e. The summed E-state index contributed by atoms with van der Waals surface area (Å²) in [4.78, 5) is 0. The van der Waals surface area contributed by atoms with Crippen LogP contribution < -0.4 is 5.32 Å². The molecule has 1 aromatic carbocycles. The molecule has 3 heteroatoms. The molecule has 0 bridgehead atoms. The van der Waals surface area contributed by atoms with Crippen LogP contribution in [0.1, 0.15) is 18.9 Å². The Balaban J connectivity index is 1.72. The first-order valence-electron chi connectivity index (χ1n) is 6.29. The minimum absolute atomic E-state index is 0.525. The molecule has 0 aromatic heterocycles. The molecule has 1 aliphatic rings. The Labute approximate surface area is 112 Å². The van der Waals surface area contributed by atoms with E-state index in [1.54, 1.807) is 0 Å². The van der Waals surface area contributed by atoms with E-state index in [0.717, 1.165) is 30.7 Å². The predicted octanol–water partition coefficient (Wildman–Crippen LogP) is 3.01. The average molecular weight is 298 g/mol. The molecule has 0 saturated carbocycles. The quantitative estimate of drug-likeness (QED) is 0.902. The Bertz CT molecular complexity index is 333. The van der Waals surface area contributed by atoms with Crippen molar-refractivity contribution in [2.45, 2.75) is 25.8 Å². The number of hydrogen-bond donors (Lipinski definition) is 1. The molecule has 1 heterocycles. The molecule has 0 spiro atoms. The molecule has 94 valence electrons. The SMILES string of the molecule is CC(Cc1ccc(Br)cc1)NCC1CCOC1. The smallest absolute Gasteiger partial charge is 0.0507 e. The first-order chi connectivity index (χ1) is 8.24. The zero-order valence-electron chi connectivity index (χ0n) is 10.3. The van der Waals surface area contributed by atoms with Crippen molar-refractivity contribution in [3.8, 4) is 0 Å². The van der Waals surface area contributed by atoms with Gasteiger partial charge in [-0.25, -0.2) is 0 Å². The lowest BCUT2D eigenvalue weighted by Gasteiger charge is -2.16. The second kappa shape index (κ2) is 6.53. The fourth-order valence-corrected chi connectivity index (χ4v) is 2.42. The summed E-state index contributed by atoms with van der Waals surface area (Å²) in [6, 6.07) is 9.10. The molecule has 2 atom stereocenters. The van der Waals surface area contributed by atoms with E-state index in [2.05, 4.69) is 52.4 Å². The highest BCUT2D eigenvalue weighted by Gasteiger charge is 2.15. The third kappa shape index (κ3) is 4.41. The van der Waals surface area contributed by atoms with Gasteiger partial charge in [-0.2, -0.15) is 0 Å². The second-order valence-electron chi connectivity index (χ2n) is 4.87. The van der Waals surface area contributed by atoms with Crippen molar-refractivity contribution in [3.05, 3.63) is 34.3 Å². The first kappa shape index (κ1) is 13.1. The summed E-state index contributed by atoms with van der Waals surface area (Å²) >= 11 is 3.46. The monoisotopic (exact) mass is 297 g/mol. The van der Waals surface area contributed by atoms with Gasteiger partial charge in [0.1, 0.15) is 0 Å². The van der Waals surface area contributed by atoms with Crippen LogP contribution in [0, 0.1) is 5.92 Å². The average Bonchev–Trinajstić information content (AvgIpc) is 2.83. The Kier molecular flexibility index (Phi) is 5.01. The van der Waals surface area contributed by atoms with Crippen LogP contribution in [0.5, 0.6) is 0 Å². The molecule has 2 unspecified atom stereocenters. The predicted molar refractivity (Wildman–Crippen MR) is 74.2 cm³/mol. The van der Waals surface area contributed by atoms with E-state index in [-0.39, 0.29) is 0 Å². The van der Waals surface area contributed by atoms with Crippen molar-refractivity contribution in [1.29, 1.82) is 0 Å². The Morgan fingerprint density at radius 3 is 2.82 bits per heavy atom. The van der Waals surface area contributed by atoms with Crippen molar-refractivity contribution in [1.82, 2.24) is 5.32 Å². The molecule has 1 aliphatic heterocycles. The zero-order chi connectivity index (χ0) is 12.1. The van der Waals surface area contributed by atoms with Gasteiger partial charge in [0, 0.05) is 23.7 Å². The van der Waals surface area contributed by atoms with Crippen molar-refractivity contribution in [2.75, 3.05) is 19.8 Å². The molecule has 1 aromatic rings. The van der Waals surface area contributed by atoms with E-state index in [1.165, 1.54) is 12.0 Å². The lowest BCUT2D eigenvalue weighted by molar-refractivity contribution is 0.184. The molecular weight excluding hydrogens is 278 g/mol. The standard InChI is InChI=1S/C14H20BrNO/c1-11(16-9-13-6-7-17-10-13)8-12-2-4-14(15)5-3-12/h2-5,11,13,16H,6-10H2,1H3. The Morgan fingerprint density at radius 2 is 2.18 bits per heavy atom. The van der Waals surface area contributed by atoms with Crippen LogP contribution in [-0.2, 0) is 11.2 Å². The molecule has 0 amide bonds. The van der Waals surface area contributed by atoms with Gasteiger partial charge in [0.2, 0.25) is 0 Å². The minimum atomic E-state index is 0.525. The second-order valence-corrected chi connectivity index (χ2v) is 5.79. The Morgan fingerprint density at radius 1 is 1.41 bits per heavy atom. The van der Waals surface area contributed by atoms with Gasteiger partial charge in [-0.1, -0.05) is 28.1 Å². The largest absolute Gasteiger partial charge is 0.381 e. The number of rotatable bonds is 5. The van der Waals surface area contributed by atoms with Gasteiger partial charge in [0.15, 0.2) is 0 Å². The van der Waals surface area contributed by atoms with Crippen LogP contribution in [0.25, 0.3) is 0 Å². The van der Waals surface area contributed by atoms with Crippen LogP contribution in [0.3, 0.4) is 0 Å². The van der Waals surface area contributed by atoms with Gasteiger partial charge in [0.25, 0.3) is 0 Å². The lowest BCUT2D eigenvalue weighted by Crippen LogP contribution is -2.32. The zero-order valence-corrected chi connectivity index (χ0v) is 11.9. The molecule has 1 fully saturated rings. The summed E-state index contributed by atoms with van der Waals surface area (Å²) in [5.74, 6) is 0.711. The molecular formula is C14H20BrNO. The highest BCUT2D eigenvalue weighted by atomic mass is 79.9. The number of ether oxygens (including phenoxy) is 1. The summed E-state index contributed by atoms with van der Waals surface area (Å²) in [6.45, 7) is 5.20. The summed E-state index contributed by atoms with van der Waals surface area (Å²) in [5, 5.41) is 3.60. The summed E-state index contributed by atoms with van der Waals surface area (Å²) in [7, 11) is 0. The van der Waals surface area contributed by atoms with Crippen molar-refractivity contribution in [3.63, 3.8) is 0 Å². The highest BCUT2D eigenvalue weighted by molar-refractivity contribution is 9.10. The van der Waals surface area contributed by atoms with E-state index in [9.17, 15) is 0 Å². The maximum absolute atomic E-state index is 5.38. The highest BCUT2D eigenvalue weighted by Crippen LogP contribution is 2.13. The molecule has 1 saturated heterocycles. The number of halogens is 1. The molecule has 17 heavy (non-hydrogen) atoms. The molecule has 0 radical (unpaired) electrons. The fourth-order valence-electron chi connectivity index (χ4n) is 2.16. The van der Waals surface area contributed by atoms with E-state index in [1.807, 2.05) is 0 Å². The van der Waals surface area contributed by atoms with Crippen molar-refractivity contribution >= 4 is 15.9 Å². The molecule has 2 nitrogen and oxygen atoms in total. The normalized spacial score (nSPS) is 21.6. The number of benzene rings is 1. The van der Waals surface area contributed by atoms with E-state index >= 15 is 0 Å². The third-order valence-corrected chi connectivity index (χ3v) is 3.76. The summed E-state index contributed by atoms with van der Waals surface area (Å²) < 4.78 is 6.52. The van der Waals surface area contributed by atoms with E-state index in [4.69, 9.17) is 4.74 Å². The van der Waals surface area contributed by atoms with Gasteiger partial charge in [-0.15, -0.1) is 0 Å². The number of hydrogen-bond acceptors (Lipinski definition) is 2. The summed E-state index contributed by atoms with van der Waals surface area (Å²) in [5.41, 5.74) is 1.39. The van der Waals surface area contributed by atoms with Crippen LogP contribution in [-0.4, -0.2) is 25.8 Å². The topological polar surface area (TPSA) is 21.3 Å². The lowest BCUT2D eigenvalue weighted by atomic mass is 10.1. The molecule has 1 N–H and O–H groups in total. The minimum Gasteiger partial charge on any atom is -0.381 e. The van der Waals surface area contributed by atoms with Crippen LogP contribution >= 0.6 is 15.9 Å². The Hall–Kier alpha value is -0.380. The molecule has 0 aliphatic carbocycles. The van der Waals surface area contributed by atoms with Crippen molar-refractivity contribution < 1.29 is 4.74 Å². The van der Waals surface area contributed by atoms with Crippen molar-refractivity contribution in [2.24, 2.45) is 5.92 Å². The molecule has 2 rings (SSSR count). The van der Waals surface area contributed by atoms with E-state index < -0.39 is 0 Å². The van der Waals surface area contributed by atoms with Crippen LogP contribution in [0.4, 0.5) is 0 Å². The summed E-state index contributed by atoms with van der Waals surface area (Å²) in [6.07, 6.45) is 2.29.